The number of halogens is 1. The van der Waals surface area contributed by atoms with Crippen molar-refractivity contribution < 1.29 is 8.42 Å². The Morgan fingerprint density at radius 2 is 1.85 bits per heavy atom. The Morgan fingerprint density at radius 3 is 2.60 bits per heavy atom. The molecule has 3 rings (SSSR count). The van der Waals surface area contributed by atoms with Gasteiger partial charge >= 0.3 is 0 Å². The zero-order chi connectivity index (χ0) is 14.3. The predicted molar refractivity (Wildman–Crippen MR) is 82.8 cm³/mol. The SMILES string of the molecule is NS(=O)(=O)c1ccccc1-c1cc(Br)c2cc[nH]c2c1. The Morgan fingerprint density at radius 1 is 1.10 bits per heavy atom. The Kier molecular flexibility index (Phi) is 3.16. The molecule has 3 aromatic rings. The van der Waals surface area contributed by atoms with Crippen LogP contribution in [0.4, 0.5) is 0 Å². The number of rotatable bonds is 2. The fourth-order valence-corrected chi connectivity index (χ4v) is 3.58. The highest BCUT2D eigenvalue weighted by molar-refractivity contribution is 9.10. The summed E-state index contributed by atoms with van der Waals surface area (Å²) < 4.78 is 24.3. The van der Waals surface area contributed by atoms with Crippen LogP contribution < -0.4 is 5.14 Å². The van der Waals surface area contributed by atoms with Crippen molar-refractivity contribution in [2.75, 3.05) is 0 Å². The van der Waals surface area contributed by atoms with E-state index in [0.717, 1.165) is 20.9 Å². The third kappa shape index (κ3) is 2.26. The normalized spacial score (nSPS) is 11.9. The number of nitrogens with one attached hydrogen (secondary N) is 1. The summed E-state index contributed by atoms with van der Waals surface area (Å²) >= 11 is 3.50. The van der Waals surface area contributed by atoms with Crippen molar-refractivity contribution in [3.63, 3.8) is 0 Å². The zero-order valence-electron chi connectivity index (χ0n) is 10.3. The molecule has 6 heteroatoms. The number of sulfonamides is 1. The molecule has 2 aromatic carbocycles. The van der Waals surface area contributed by atoms with Gasteiger partial charge in [-0.2, -0.15) is 0 Å². The lowest BCUT2D eigenvalue weighted by atomic mass is 10.0. The summed E-state index contributed by atoms with van der Waals surface area (Å²) in [6.45, 7) is 0. The summed E-state index contributed by atoms with van der Waals surface area (Å²) in [7, 11) is -3.76. The Balaban J connectivity index is 2.31. The number of primary sulfonamides is 1. The maximum Gasteiger partial charge on any atom is 0.238 e. The summed E-state index contributed by atoms with van der Waals surface area (Å²) in [6.07, 6.45) is 1.84. The minimum atomic E-state index is -3.76. The van der Waals surface area contributed by atoms with E-state index in [0.29, 0.717) is 5.56 Å². The lowest BCUT2D eigenvalue weighted by Gasteiger charge is -2.09. The van der Waals surface area contributed by atoms with Gasteiger partial charge in [0.05, 0.1) is 4.90 Å². The van der Waals surface area contributed by atoms with E-state index in [-0.39, 0.29) is 4.90 Å². The molecular weight excluding hydrogens is 340 g/mol. The van der Waals surface area contributed by atoms with Gasteiger partial charge in [0.25, 0.3) is 0 Å². The van der Waals surface area contributed by atoms with E-state index in [4.69, 9.17) is 5.14 Å². The van der Waals surface area contributed by atoms with E-state index in [1.807, 2.05) is 24.4 Å². The van der Waals surface area contributed by atoms with Crippen LogP contribution in [0.1, 0.15) is 0 Å². The van der Waals surface area contributed by atoms with Gasteiger partial charge in [-0.25, -0.2) is 13.6 Å². The van der Waals surface area contributed by atoms with E-state index in [9.17, 15) is 8.42 Å². The second-order valence-corrected chi connectivity index (χ2v) is 6.82. The number of H-pyrrole nitrogens is 1. The van der Waals surface area contributed by atoms with Crippen molar-refractivity contribution in [1.82, 2.24) is 4.98 Å². The number of aromatic nitrogens is 1. The molecule has 0 bridgehead atoms. The molecule has 0 amide bonds. The first kappa shape index (κ1) is 13.4. The molecule has 4 nitrogen and oxygen atoms in total. The predicted octanol–water partition coefficient (Wildman–Crippen LogP) is 3.24. The van der Waals surface area contributed by atoms with E-state index in [1.54, 1.807) is 18.2 Å². The molecule has 102 valence electrons. The molecule has 1 aromatic heterocycles. The average molecular weight is 351 g/mol. The van der Waals surface area contributed by atoms with Crippen LogP contribution in [0.5, 0.6) is 0 Å². The van der Waals surface area contributed by atoms with Crippen LogP contribution >= 0.6 is 15.9 Å². The van der Waals surface area contributed by atoms with E-state index in [1.165, 1.54) is 6.07 Å². The molecule has 1 heterocycles. The molecule has 0 radical (unpaired) electrons. The molecule has 0 unspecified atom stereocenters. The molecular formula is C14H11BrN2O2S. The third-order valence-electron chi connectivity index (χ3n) is 3.12. The van der Waals surface area contributed by atoms with Gasteiger partial charge in [0, 0.05) is 27.1 Å². The van der Waals surface area contributed by atoms with Crippen molar-refractivity contribution in [3.8, 4) is 11.1 Å². The molecule has 0 saturated carbocycles. The standard InChI is InChI=1S/C14H11BrN2O2S/c15-12-7-9(8-13-11(12)5-6-17-13)10-3-1-2-4-14(10)20(16,18)19/h1-8,17H,(H2,16,18,19). The van der Waals surface area contributed by atoms with Gasteiger partial charge in [-0.3, -0.25) is 0 Å². The van der Waals surface area contributed by atoms with Crippen LogP contribution in [-0.4, -0.2) is 13.4 Å². The minimum Gasteiger partial charge on any atom is -0.361 e. The first-order valence-corrected chi connectivity index (χ1v) is 8.19. The van der Waals surface area contributed by atoms with Crippen LogP contribution in [0.25, 0.3) is 22.0 Å². The average Bonchev–Trinajstić information content (AvgIpc) is 2.86. The van der Waals surface area contributed by atoms with Crippen LogP contribution in [-0.2, 0) is 10.0 Å². The smallest absolute Gasteiger partial charge is 0.238 e. The molecule has 3 N–H and O–H groups in total. The van der Waals surface area contributed by atoms with Crippen LogP contribution in [0.15, 0.2) is 58.0 Å². The van der Waals surface area contributed by atoms with Crippen LogP contribution in [0, 0.1) is 0 Å². The Bertz CT molecular complexity index is 900. The number of hydrogen-bond donors (Lipinski definition) is 2. The fraction of sp³-hybridized carbons (Fsp3) is 0. The second-order valence-electron chi connectivity index (χ2n) is 4.44. The molecule has 0 fully saturated rings. The van der Waals surface area contributed by atoms with Crippen molar-refractivity contribution in [2.24, 2.45) is 5.14 Å². The minimum absolute atomic E-state index is 0.123. The summed E-state index contributed by atoms with van der Waals surface area (Å²) in [5, 5.41) is 6.32. The van der Waals surface area contributed by atoms with Gasteiger partial charge in [-0.05, 0) is 29.8 Å². The third-order valence-corrected chi connectivity index (χ3v) is 4.75. The molecule has 20 heavy (non-hydrogen) atoms. The Hall–Kier alpha value is -1.63. The van der Waals surface area contributed by atoms with E-state index in [2.05, 4.69) is 20.9 Å². The number of nitrogens with two attached hydrogens (primary N) is 1. The van der Waals surface area contributed by atoms with Gasteiger partial charge in [0.1, 0.15) is 0 Å². The number of aromatic amines is 1. The van der Waals surface area contributed by atoms with Gasteiger partial charge in [0.2, 0.25) is 10.0 Å². The summed E-state index contributed by atoms with van der Waals surface area (Å²) in [4.78, 5) is 3.24. The first-order chi connectivity index (χ1) is 9.47. The maximum atomic E-state index is 11.7. The van der Waals surface area contributed by atoms with Gasteiger partial charge in [-0.15, -0.1) is 0 Å². The molecule has 0 aliphatic carbocycles. The van der Waals surface area contributed by atoms with Crippen molar-refractivity contribution in [2.45, 2.75) is 4.90 Å². The second kappa shape index (κ2) is 4.73. The largest absolute Gasteiger partial charge is 0.361 e. The van der Waals surface area contributed by atoms with E-state index < -0.39 is 10.0 Å². The summed E-state index contributed by atoms with van der Waals surface area (Å²) in [6, 6.07) is 12.5. The van der Waals surface area contributed by atoms with Crippen LogP contribution in [0.3, 0.4) is 0 Å². The molecule has 0 saturated heterocycles. The highest BCUT2D eigenvalue weighted by Gasteiger charge is 2.15. The van der Waals surface area contributed by atoms with Gasteiger partial charge in [-0.1, -0.05) is 34.1 Å². The van der Waals surface area contributed by atoms with Crippen molar-refractivity contribution in [3.05, 3.63) is 53.1 Å². The lowest BCUT2D eigenvalue weighted by Crippen LogP contribution is -2.13. The van der Waals surface area contributed by atoms with Crippen molar-refractivity contribution in [1.29, 1.82) is 0 Å². The number of hydrogen-bond acceptors (Lipinski definition) is 2. The highest BCUT2D eigenvalue weighted by Crippen LogP contribution is 2.33. The fourth-order valence-electron chi connectivity index (χ4n) is 2.23. The summed E-state index contributed by atoms with van der Waals surface area (Å²) in [5.41, 5.74) is 2.31. The first-order valence-electron chi connectivity index (χ1n) is 5.85. The molecule has 0 spiro atoms. The van der Waals surface area contributed by atoms with Crippen LogP contribution in [0.2, 0.25) is 0 Å². The highest BCUT2D eigenvalue weighted by atomic mass is 79.9. The quantitative estimate of drug-likeness (QED) is 0.744. The topological polar surface area (TPSA) is 76.0 Å². The number of fused-ring (bicyclic) bond motifs is 1. The molecule has 0 aliphatic rings. The summed E-state index contributed by atoms with van der Waals surface area (Å²) in [5.74, 6) is 0. The zero-order valence-corrected chi connectivity index (χ0v) is 12.7. The molecule has 0 atom stereocenters. The van der Waals surface area contributed by atoms with Gasteiger partial charge in [0.15, 0.2) is 0 Å². The maximum absolute atomic E-state index is 11.7. The molecule has 0 aliphatic heterocycles. The van der Waals surface area contributed by atoms with Crippen molar-refractivity contribution >= 4 is 36.9 Å². The lowest BCUT2D eigenvalue weighted by molar-refractivity contribution is 0.598. The van der Waals surface area contributed by atoms with E-state index >= 15 is 0 Å². The number of benzene rings is 2. The van der Waals surface area contributed by atoms with Gasteiger partial charge < -0.3 is 4.98 Å². The monoisotopic (exact) mass is 350 g/mol. The Labute approximate surface area is 124 Å².